The van der Waals surface area contributed by atoms with Crippen molar-refractivity contribution in [2.45, 2.75) is 5.03 Å². The minimum atomic E-state index is 0. The van der Waals surface area contributed by atoms with Crippen molar-refractivity contribution in [2.24, 2.45) is 0 Å². The molecule has 0 saturated carbocycles. The minimum Gasteiger partial charge on any atom is -0.618 e. The first-order valence-corrected chi connectivity index (χ1v) is 2.62. The molecule has 1 aromatic rings. The molecule has 0 bridgehead atoms. The first-order chi connectivity index (χ1) is 3.80. The van der Waals surface area contributed by atoms with E-state index in [0.29, 0.717) is 9.76 Å². The van der Waals surface area contributed by atoms with Gasteiger partial charge in [-0.15, -0.1) is 24.0 Å². The topological polar surface area (TPSA) is 26.9 Å². The van der Waals surface area contributed by atoms with E-state index in [1.165, 1.54) is 6.20 Å². The first kappa shape index (κ1) is 13.6. The second kappa shape index (κ2) is 6.72. The van der Waals surface area contributed by atoms with Crippen LogP contribution in [0.5, 0.6) is 0 Å². The van der Waals surface area contributed by atoms with Crippen LogP contribution < -0.4 is 34.3 Å². The van der Waals surface area contributed by atoms with Crippen molar-refractivity contribution in [3.63, 3.8) is 0 Å². The Labute approximate surface area is 104 Å². The number of halogens is 1. The summed E-state index contributed by atoms with van der Waals surface area (Å²) < 4.78 is 0.698. The third-order valence-electron chi connectivity index (χ3n) is 0.804. The summed E-state index contributed by atoms with van der Waals surface area (Å²) in [7, 11) is 0. The standard InChI is InChI=1S/C5H5NOS.HI.Na/c7-6-4-2-1-3-5(6)8;;/h1-4,8H;1H;/q;;+1. The van der Waals surface area contributed by atoms with E-state index in [-0.39, 0.29) is 53.5 Å². The predicted octanol–water partition coefficient (Wildman–Crippen LogP) is -1.77. The zero-order valence-electron chi connectivity index (χ0n) is 5.52. The van der Waals surface area contributed by atoms with Crippen LogP contribution in [0, 0.1) is 5.21 Å². The van der Waals surface area contributed by atoms with Crippen LogP contribution in [-0.2, 0) is 0 Å². The van der Waals surface area contributed by atoms with Crippen molar-refractivity contribution in [2.75, 3.05) is 0 Å². The second-order valence-corrected chi connectivity index (χ2v) is 1.84. The molecule has 0 unspecified atom stereocenters. The molecule has 5 heteroatoms. The zero-order valence-corrected chi connectivity index (χ0v) is 10.7. The third kappa shape index (κ3) is 4.02. The summed E-state index contributed by atoms with van der Waals surface area (Å²) >= 11 is 3.85. The van der Waals surface area contributed by atoms with Crippen LogP contribution in [-0.4, -0.2) is 0 Å². The predicted molar refractivity (Wildman–Crippen MR) is 48.1 cm³/mol. The Balaban J connectivity index is 0. The van der Waals surface area contributed by atoms with E-state index >= 15 is 0 Å². The summed E-state index contributed by atoms with van der Waals surface area (Å²) in [6.07, 6.45) is 1.41. The van der Waals surface area contributed by atoms with Crippen molar-refractivity contribution in [3.05, 3.63) is 29.6 Å². The van der Waals surface area contributed by atoms with Crippen molar-refractivity contribution in [3.8, 4) is 0 Å². The van der Waals surface area contributed by atoms with Crippen LogP contribution in [0.15, 0.2) is 29.4 Å². The van der Waals surface area contributed by atoms with Gasteiger partial charge in [0.15, 0.2) is 6.20 Å². The molecule has 0 spiro atoms. The van der Waals surface area contributed by atoms with Gasteiger partial charge in [0.2, 0.25) is 5.03 Å². The fraction of sp³-hybridized carbons (Fsp3) is 0. The van der Waals surface area contributed by atoms with E-state index in [0.717, 1.165) is 0 Å². The van der Waals surface area contributed by atoms with Crippen LogP contribution in [0.2, 0.25) is 0 Å². The van der Waals surface area contributed by atoms with Gasteiger partial charge in [0.25, 0.3) is 0 Å². The van der Waals surface area contributed by atoms with Crippen molar-refractivity contribution in [1.29, 1.82) is 0 Å². The zero-order chi connectivity index (χ0) is 5.98. The number of thiol groups is 1. The van der Waals surface area contributed by atoms with E-state index in [4.69, 9.17) is 0 Å². The van der Waals surface area contributed by atoms with Crippen LogP contribution in [0.1, 0.15) is 0 Å². The molecule has 0 radical (unpaired) electrons. The van der Waals surface area contributed by atoms with Gasteiger partial charge in [-0.3, -0.25) is 0 Å². The number of hydrogen-bond acceptors (Lipinski definition) is 2. The fourth-order valence-corrected chi connectivity index (χ4v) is 0.572. The van der Waals surface area contributed by atoms with Gasteiger partial charge < -0.3 is 5.21 Å². The van der Waals surface area contributed by atoms with Crippen molar-refractivity contribution < 1.29 is 34.3 Å². The molecule has 0 aliphatic carbocycles. The van der Waals surface area contributed by atoms with Crippen LogP contribution in [0.4, 0.5) is 0 Å². The molecule has 0 aliphatic heterocycles. The maximum absolute atomic E-state index is 10.5. The van der Waals surface area contributed by atoms with Crippen LogP contribution >= 0.6 is 36.6 Å². The van der Waals surface area contributed by atoms with Gasteiger partial charge in [0, 0.05) is 12.1 Å². The molecule has 0 saturated heterocycles. The monoisotopic (exact) mass is 278 g/mol. The Morgan fingerprint density at radius 2 is 2.00 bits per heavy atom. The van der Waals surface area contributed by atoms with Crippen LogP contribution in [0.3, 0.4) is 0 Å². The largest absolute Gasteiger partial charge is 1.00 e. The SMILES string of the molecule is I.[Na+].[O-][n+]1ccccc1S. The number of nitrogens with zero attached hydrogens (tertiary/aromatic N) is 1. The summed E-state index contributed by atoms with van der Waals surface area (Å²) in [5.41, 5.74) is 0. The molecule has 0 aromatic carbocycles. The van der Waals surface area contributed by atoms with E-state index in [1.807, 2.05) is 0 Å². The molecule has 0 atom stereocenters. The number of pyridine rings is 1. The Kier molecular flexibility index (Phi) is 9.15. The third-order valence-corrected chi connectivity index (χ3v) is 1.15. The fourth-order valence-electron chi connectivity index (χ4n) is 0.419. The number of hydrogen-bond donors (Lipinski definition) is 1. The summed E-state index contributed by atoms with van der Waals surface area (Å²) in [4.78, 5) is 0. The Hall–Kier alpha value is 1.03. The number of rotatable bonds is 0. The summed E-state index contributed by atoms with van der Waals surface area (Å²) in [5.74, 6) is 0. The van der Waals surface area contributed by atoms with Crippen LogP contribution in [0.25, 0.3) is 0 Å². The van der Waals surface area contributed by atoms with Gasteiger partial charge in [0.05, 0.1) is 0 Å². The van der Waals surface area contributed by atoms with Gasteiger partial charge in [-0.25, -0.2) is 0 Å². The molecule has 0 N–H and O–H groups in total. The van der Waals surface area contributed by atoms with E-state index < -0.39 is 0 Å². The van der Waals surface area contributed by atoms with Gasteiger partial charge in [0.1, 0.15) is 0 Å². The summed E-state index contributed by atoms with van der Waals surface area (Å²) in [6.45, 7) is 0. The Morgan fingerprint density at radius 1 is 1.40 bits per heavy atom. The second-order valence-electron chi connectivity index (χ2n) is 1.38. The van der Waals surface area contributed by atoms with Crippen molar-refractivity contribution >= 4 is 36.6 Å². The molecular weight excluding hydrogens is 272 g/mol. The Bertz CT molecular complexity index is 178. The molecule has 0 amide bonds. The molecule has 1 aromatic heterocycles. The van der Waals surface area contributed by atoms with E-state index in [9.17, 15) is 5.21 Å². The minimum absolute atomic E-state index is 0. The first-order valence-electron chi connectivity index (χ1n) is 2.18. The maximum Gasteiger partial charge on any atom is 1.00 e. The normalized spacial score (nSPS) is 7.30. The van der Waals surface area contributed by atoms with Crippen molar-refractivity contribution in [1.82, 2.24) is 0 Å². The van der Waals surface area contributed by atoms with Gasteiger partial charge in [-0.2, -0.15) is 4.73 Å². The smallest absolute Gasteiger partial charge is 0.618 e. The quantitative estimate of drug-likeness (QED) is 0.196. The molecule has 10 heavy (non-hydrogen) atoms. The summed E-state index contributed by atoms with van der Waals surface area (Å²) in [6, 6.07) is 5.06. The molecule has 1 heterocycles. The summed E-state index contributed by atoms with van der Waals surface area (Å²) in [5, 5.41) is 10.9. The Morgan fingerprint density at radius 3 is 2.30 bits per heavy atom. The van der Waals surface area contributed by atoms with E-state index in [1.54, 1.807) is 18.2 Å². The maximum atomic E-state index is 10.5. The average Bonchev–Trinajstić information content (AvgIpc) is 1.77. The van der Waals surface area contributed by atoms with Gasteiger partial charge >= 0.3 is 29.6 Å². The molecule has 0 fully saturated rings. The number of aromatic nitrogens is 1. The molecule has 0 aliphatic rings. The molecule has 2 nitrogen and oxygen atoms in total. The molecular formula is C5H6INNaOS+. The average molecular weight is 278 g/mol. The van der Waals surface area contributed by atoms with E-state index in [2.05, 4.69) is 12.6 Å². The van der Waals surface area contributed by atoms with Gasteiger partial charge in [-0.1, -0.05) is 12.6 Å². The molecule has 50 valence electrons. The van der Waals surface area contributed by atoms with Gasteiger partial charge in [-0.05, 0) is 6.07 Å². The molecule has 1 rings (SSSR count).